The summed E-state index contributed by atoms with van der Waals surface area (Å²) in [5.41, 5.74) is 7.75. The van der Waals surface area contributed by atoms with Gasteiger partial charge in [-0.15, -0.1) is 11.3 Å². The Kier molecular flexibility index (Phi) is 2.80. The van der Waals surface area contributed by atoms with Gasteiger partial charge in [0.25, 0.3) is 0 Å². The SMILES string of the molecule is NC1(c2nc3c(s2)CCC3)CCS(=O)(=O)c2ccccc21. The molecule has 2 heterocycles. The van der Waals surface area contributed by atoms with Crippen LogP contribution in [0.15, 0.2) is 29.2 Å². The molecule has 4 rings (SSSR count). The Morgan fingerprint density at radius 1 is 1.24 bits per heavy atom. The predicted molar refractivity (Wildman–Crippen MR) is 82.2 cm³/mol. The molecule has 21 heavy (non-hydrogen) atoms. The number of aryl methyl sites for hydroxylation is 2. The van der Waals surface area contributed by atoms with E-state index in [-0.39, 0.29) is 5.75 Å². The molecule has 0 amide bonds. The Morgan fingerprint density at radius 2 is 2.05 bits per heavy atom. The number of aromatic nitrogens is 1. The molecular formula is C15H16N2O2S2. The average molecular weight is 320 g/mol. The van der Waals surface area contributed by atoms with Crippen LogP contribution in [-0.2, 0) is 28.2 Å². The van der Waals surface area contributed by atoms with E-state index in [9.17, 15) is 8.42 Å². The van der Waals surface area contributed by atoms with Crippen molar-refractivity contribution in [2.24, 2.45) is 5.73 Å². The summed E-state index contributed by atoms with van der Waals surface area (Å²) in [6.45, 7) is 0. The highest BCUT2D eigenvalue weighted by molar-refractivity contribution is 7.91. The molecule has 2 aliphatic rings. The third-order valence-electron chi connectivity index (χ3n) is 4.45. The zero-order chi connectivity index (χ0) is 14.7. The Labute approximate surface area is 127 Å². The molecule has 0 saturated carbocycles. The molecule has 6 heteroatoms. The van der Waals surface area contributed by atoms with Crippen LogP contribution in [0.4, 0.5) is 0 Å². The highest BCUT2D eigenvalue weighted by atomic mass is 32.2. The van der Waals surface area contributed by atoms with E-state index in [0.717, 1.165) is 30.0 Å². The molecule has 0 spiro atoms. The van der Waals surface area contributed by atoms with E-state index in [0.29, 0.717) is 16.9 Å². The maximum Gasteiger partial charge on any atom is 0.178 e. The number of sulfone groups is 1. The lowest BCUT2D eigenvalue weighted by atomic mass is 9.88. The van der Waals surface area contributed by atoms with Crippen LogP contribution in [0, 0.1) is 0 Å². The lowest BCUT2D eigenvalue weighted by molar-refractivity contribution is 0.480. The fourth-order valence-electron chi connectivity index (χ4n) is 3.25. The summed E-state index contributed by atoms with van der Waals surface area (Å²) in [5, 5.41) is 0.870. The van der Waals surface area contributed by atoms with Gasteiger partial charge in [0.1, 0.15) is 5.01 Å². The van der Waals surface area contributed by atoms with Gasteiger partial charge in [0.15, 0.2) is 9.84 Å². The van der Waals surface area contributed by atoms with Gasteiger partial charge in [0.2, 0.25) is 0 Å². The van der Waals surface area contributed by atoms with E-state index in [1.807, 2.05) is 12.1 Å². The summed E-state index contributed by atoms with van der Waals surface area (Å²) < 4.78 is 24.5. The van der Waals surface area contributed by atoms with Gasteiger partial charge in [-0.05, 0) is 37.3 Å². The fraction of sp³-hybridized carbons (Fsp3) is 0.400. The number of nitrogens with two attached hydrogens (primary N) is 1. The smallest absolute Gasteiger partial charge is 0.178 e. The maximum absolute atomic E-state index is 12.3. The fourth-order valence-corrected chi connectivity index (χ4v) is 6.23. The number of thiazole rings is 1. The minimum atomic E-state index is -3.22. The summed E-state index contributed by atoms with van der Waals surface area (Å²) in [6.07, 6.45) is 3.65. The molecule has 4 nitrogen and oxygen atoms in total. The zero-order valence-corrected chi connectivity index (χ0v) is 13.1. The van der Waals surface area contributed by atoms with E-state index in [2.05, 4.69) is 0 Å². The molecule has 0 fully saturated rings. The Bertz CT molecular complexity index is 804. The van der Waals surface area contributed by atoms with Crippen LogP contribution in [0.1, 0.15) is 34.0 Å². The molecule has 110 valence electrons. The summed E-state index contributed by atoms with van der Waals surface area (Å²) >= 11 is 1.66. The van der Waals surface area contributed by atoms with Gasteiger partial charge < -0.3 is 5.73 Å². The number of rotatable bonds is 1. The van der Waals surface area contributed by atoms with Gasteiger partial charge in [-0.2, -0.15) is 0 Å². The third kappa shape index (κ3) is 1.89. The molecule has 2 N–H and O–H groups in total. The zero-order valence-electron chi connectivity index (χ0n) is 11.5. The van der Waals surface area contributed by atoms with Crippen molar-refractivity contribution < 1.29 is 8.42 Å². The highest BCUT2D eigenvalue weighted by Crippen LogP contribution is 2.42. The van der Waals surface area contributed by atoms with Crippen molar-refractivity contribution in [1.29, 1.82) is 0 Å². The van der Waals surface area contributed by atoms with Crippen molar-refractivity contribution in [1.82, 2.24) is 4.98 Å². The van der Waals surface area contributed by atoms with Crippen LogP contribution in [-0.4, -0.2) is 19.2 Å². The molecule has 0 bridgehead atoms. The molecule has 0 saturated heterocycles. The van der Waals surface area contributed by atoms with Crippen molar-refractivity contribution >= 4 is 21.2 Å². The highest BCUT2D eigenvalue weighted by Gasteiger charge is 2.43. The largest absolute Gasteiger partial charge is 0.316 e. The number of benzene rings is 1. The van der Waals surface area contributed by atoms with Crippen LogP contribution in [0.5, 0.6) is 0 Å². The van der Waals surface area contributed by atoms with E-state index >= 15 is 0 Å². The normalized spacial score (nSPS) is 26.3. The molecule has 1 unspecified atom stereocenters. The lowest BCUT2D eigenvalue weighted by Crippen LogP contribution is -2.44. The summed E-state index contributed by atoms with van der Waals surface area (Å²) in [5.74, 6) is 0.0881. The standard InChI is InChI=1S/C15H16N2O2S2/c16-15(14-17-11-5-3-6-12(11)20-14)8-9-21(18,19)13-7-2-1-4-10(13)15/h1-2,4,7H,3,5-6,8-9,16H2. The van der Waals surface area contributed by atoms with Crippen molar-refractivity contribution in [2.45, 2.75) is 36.1 Å². The van der Waals surface area contributed by atoms with Crippen molar-refractivity contribution in [2.75, 3.05) is 5.75 Å². The van der Waals surface area contributed by atoms with Crippen molar-refractivity contribution in [3.8, 4) is 0 Å². The second-order valence-electron chi connectivity index (χ2n) is 5.78. The van der Waals surface area contributed by atoms with Gasteiger partial charge in [-0.25, -0.2) is 13.4 Å². The van der Waals surface area contributed by atoms with E-state index in [1.165, 1.54) is 4.88 Å². The number of hydrogen-bond donors (Lipinski definition) is 1. The predicted octanol–water partition coefficient (Wildman–Crippen LogP) is 2.01. The summed E-state index contributed by atoms with van der Waals surface area (Å²) in [4.78, 5) is 6.42. The van der Waals surface area contributed by atoms with Gasteiger partial charge in [0, 0.05) is 4.88 Å². The minimum Gasteiger partial charge on any atom is -0.316 e. The minimum absolute atomic E-state index is 0.0881. The van der Waals surface area contributed by atoms with Crippen molar-refractivity contribution in [3.05, 3.63) is 45.4 Å². The molecule has 1 aromatic heterocycles. The third-order valence-corrected chi connectivity index (χ3v) is 7.55. The first-order chi connectivity index (χ1) is 10.0. The number of nitrogens with zero attached hydrogens (tertiary/aromatic N) is 1. The van der Waals surface area contributed by atoms with E-state index in [4.69, 9.17) is 10.7 Å². The number of fused-ring (bicyclic) bond motifs is 2. The Hall–Kier alpha value is -1.24. The number of hydrogen-bond acceptors (Lipinski definition) is 5. The summed E-state index contributed by atoms with van der Waals surface area (Å²) in [7, 11) is -3.22. The molecule has 1 atom stereocenters. The van der Waals surface area contributed by atoms with Crippen LogP contribution in [0.3, 0.4) is 0 Å². The van der Waals surface area contributed by atoms with Gasteiger partial charge >= 0.3 is 0 Å². The topological polar surface area (TPSA) is 73.0 Å². The molecule has 1 aliphatic carbocycles. The van der Waals surface area contributed by atoms with Crippen LogP contribution in [0.2, 0.25) is 0 Å². The van der Waals surface area contributed by atoms with Crippen LogP contribution >= 0.6 is 11.3 Å². The summed E-state index contributed by atoms with van der Waals surface area (Å²) in [6, 6.07) is 7.10. The monoisotopic (exact) mass is 320 g/mol. The van der Waals surface area contributed by atoms with Gasteiger partial charge in [0.05, 0.1) is 21.9 Å². The Morgan fingerprint density at radius 3 is 2.86 bits per heavy atom. The van der Waals surface area contributed by atoms with Crippen LogP contribution < -0.4 is 5.73 Å². The van der Waals surface area contributed by atoms with Crippen LogP contribution in [0.25, 0.3) is 0 Å². The second kappa shape index (κ2) is 4.38. The molecule has 1 aromatic carbocycles. The van der Waals surface area contributed by atoms with E-state index in [1.54, 1.807) is 23.5 Å². The quantitative estimate of drug-likeness (QED) is 0.872. The lowest BCUT2D eigenvalue weighted by Gasteiger charge is -2.33. The molecule has 1 aliphatic heterocycles. The molecular weight excluding hydrogens is 304 g/mol. The molecule has 0 radical (unpaired) electrons. The Balaban J connectivity index is 1.91. The van der Waals surface area contributed by atoms with Crippen molar-refractivity contribution in [3.63, 3.8) is 0 Å². The first kappa shape index (κ1) is 13.4. The maximum atomic E-state index is 12.3. The van der Waals surface area contributed by atoms with E-state index < -0.39 is 15.4 Å². The first-order valence-electron chi connectivity index (χ1n) is 7.11. The molecule has 2 aromatic rings. The average Bonchev–Trinajstić information content (AvgIpc) is 3.05. The first-order valence-corrected chi connectivity index (χ1v) is 9.58. The van der Waals surface area contributed by atoms with Gasteiger partial charge in [-0.3, -0.25) is 0 Å². The second-order valence-corrected chi connectivity index (χ2v) is 8.94. The van der Waals surface area contributed by atoms with Gasteiger partial charge in [-0.1, -0.05) is 18.2 Å².